The molecule has 0 amide bonds. The van der Waals surface area contributed by atoms with Crippen molar-refractivity contribution in [1.82, 2.24) is 9.55 Å². The minimum absolute atomic E-state index is 0.307. The molecule has 4 fully saturated rings. The molecule has 3 heteroatoms. The van der Waals surface area contributed by atoms with Crippen LogP contribution in [0.15, 0.2) is 12.4 Å². The first-order valence-electron chi connectivity index (χ1n) is 7.86. The second-order valence-electron chi connectivity index (χ2n) is 7.54. The highest BCUT2D eigenvalue weighted by molar-refractivity contribution is 5.08. The first-order chi connectivity index (χ1) is 9.14. The Morgan fingerprint density at radius 1 is 1.26 bits per heavy atom. The van der Waals surface area contributed by atoms with Crippen molar-refractivity contribution in [1.29, 1.82) is 0 Å². The molecule has 2 N–H and O–H groups in total. The van der Waals surface area contributed by atoms with Gasteiger partial charge in [0.1, 0.15) is 5.82 Å². The third kappa shape index (κ3) is 1.85. The monoisotopic (exact) mass is 259 g/mol. The van der Waals surface area contributed by atoms with E-state index < -0.39 is 0 Å². The maximum Gasteiger partial charge on any atom is 0.109 e. The zero-order valence-corrected chi connectivity index (χ0v) is 11.9. The van der Waals surface area contributed by atoms with E-state index >= 15 is 0 Å². The SMILES string of the molecule is Cn1ccnc1CC(N)C12CC3CC(CC(C3)C1)C2. The fraction of sp³-hybridized carbons (Fsp3) is 0.812. The molecule has 4 saturated carbocycles. The number of hydrogen-bond acceptors (Lipinski definition) is 2. The Morgan fingerprint density at radius 3 is 2.32 bits per heavy atom. The van der Waals surface area contributed by atoms with Gasteiger partial charge < -0.3 is 10.3 Å². The summed E-state index contributed by atoms with van der Waals surface area (Å²) in [4.78, 5) is 4.47. The van der Waals surface area contributed by atoms with E-state index in [1.807, 2.05) is 12.4 Å². The Bertz CT molecular complexity index is 441. The molecule has 0 aliphatic heterocycles. The molecule has 0 radical (unpaired) electrons. The van der Waals surface area contributed by atoms with Crippen LogP contribution in [-0.4, -0.2) is 15.6 Å². The van der Waals surface area contributed by atoms with Crippen LogP contribution in [0, 0.1) is 23.2 Å². The van der Waals surface area contributed by atoms with Crippen molar-refractivity contribution in [2.75, 3.05) is 0 Å². The highest BCUT2D eigenvalue weighted by atomic mass is 15.0. The zero-order chi connectivity index (χ0) is 13.0. The molecular formula is C16H25N3. The molecule has 104 valence electrons. The lowest BCUT2D eigenvalue weighted by Crippen LogP contribution is -2.55. The van der Waals surface area contributed by atoms with Crippen molar-refractivity contribution >= 4 is 0 Å². The molecule has 19 heavy (non-hydrogen) atoms. The lowest BCUT2D eigenvalue weighted by Gasteiger charge is -2.59. The van der Waals surface area contributed by atoms with E-state index in [-0.39, 0.29) is 0 Å². The van der Waals surface area contributed by atoms with E-state index in [2.05, 4.69) is 16.6 Å². The van der Waals surface area contributed by atoms with Crippen molar-refractivity contribution in [2.45, 2.75) is 51.0 Å². The van der Waals surface area contributed by atoms with E-state index in [0.29, 0.717) is 11.5 Å². The Hall–Kier alpha value is -0.830. The molecule has 1 unspecified atom stereocenters. The molecule has 1 aromatic rings. The lowest BCUT2D eigenvalue weighted by atomic mass is 9.47. The normalized spacial score (nSPS) is 41.7. The molecule has 1 heterocycles. The molecule has 0 aromatic carbocycles. The second-order valence-corrected chi connectivity index (χ2v) is 7.54. The number of imidazole rings is 1. The summed E-state index contributed by atoms with van der Waals surface area (Å²) < 4.78 is 2.13. The van der Waals surface area contributed by atoms with Gasteiger partial charge >= 0.3 is 0 Å². The maximum atomic E-state index is 6.68. The third-order valence-corrected chi connectivity index (χ3v) is 6.20. The van der Waals surface area contributed by atoms with Gasteiger partial charge in [-0.2, -0.15) is 0 Å². The van der Waals surface area contributed by atoms with Crippen molar-refractivity contribution in [2.24, 2.45) is 36.0 Å². The topological polar surface area (TPSA) is 43.8 Å². The van der Waals surface area contributed by atoms with Crippen molar-refractivity contribution in [3.05, 3.63) is 18.2 Å². The summed E-state index contributed by atoms with van der Waals surface area (Å²) in [5, 5.41) is 0. The first-order valence-corrected chi connectivity index (χ1v) is 7.86. The van der Waals surface area contributed by atoms with Gasteiger partial charge in [0, 0.05) is 31.9 Å². The smallest absolute Gasteiger partial charge is 0.109 e. The fourth-order valence-electron chi connectivity index (χ4n) is 5.64. The molecule has 3 nitrogen and oxygen atoms in total. The Balaban J connectivity index is 1.56. The highest BCUT2D eigenvalue weighted by Gasteiger charge is 2.53. The quantitative estimate of drug-likeness (QED) is 0.906. The van der Waals surface area contributed by atoms with Crippen LogP contribution >= 0.6 is 0 Å². The first kappa shape index (κ1) is 12.0. The molecule has 1 atom stereocenters. The average Bonchev–Trinajstić information content (AvgIpc) is 2.73. The number of hydrogen-bond donors (Lipinski definition) is 1. The van der Waals surface area contributed by atoms with Crippen LogP contribution in [0.1, 0.15) is 44.3 Å². The van der Waals surface area contributed by atoms with Gasteiger partial charge in [-0.25, -0.2) is 4.98 Å². The van der Waals surface area contributed by atoms with Gasteiger partial charge in [-0.05, 0) is 61.7 Å². The largest absolute Gasteiger partial charge is 0.338 e. The minimum Gasteiger partial charge on any atom is -0.338 e. The van der Waals surface area contributed by atoms with Crippen molar-refractivity contribution in [3.63, 3.8) is 0 Å². The van der Waals surface area contributed by atoms with Gasteiger partial charge in [0.15, 0.2) is 0 Å². The summed E-state index contributed by atoms with van der Waals surface area (Å²) in [6.07, 6.45) is 13.5. The van der Waals surface area contributed by atoms with Crippen LogP contribution < -0.4 is 5.73 Å². The Morgan fingerprint density at radius 2 is 1.84 bits per heavy atom. The highest BCUT2D eigenvalue weighted by Crippen LogP contribution is 2.61. The number of nitrogens with two attached hydrogens (primary N) is 1. The van der Waals surface area contributed by atoms with Crippen molar-refractivity contribution in [3.8, 4) is 0 Å². The summed E-state index contributed by atoms with van der Waals surface area (Å²) in [6.45, 7) is 0. The van der Waals surface area contributed by atoms with E-state index in [9.17, 15) is 0 Å². The summed E-state index contributed by atoms with van der Waals surface area (Å²) >= 11 is 0. The van der Waals surface area contributed by atoms with Gasteiger partial charge in [-0.1, -0.05) is 0 Å². The number of rotatable bonds is 3. The molecule has 4 aliphatic carbocycles. The van der Waals surface area contributed by atoms with E-state index in [1.165, 1.54) is 38.5 Å². The van der Waals surface area contributed by atoms with Gasteiger partial charge in [0.2, 0.25) is 0 Å². The summed E-state index contributed by atoms with van der Waals surface area (Å²) in [5.74, 6) is 4.11. The van der Waals surface area contributed by atoms with E-state index in [4.69, 9.17) is 5.73 Å². The molecular weight excluding hydrogens is 234 g/mol. The lowest BCUT2D eigenvalue weighted by molar-refractivity contribution is -0.0671. The summed E-state index contributed by atoms with van der Waals surface area (Å²) in [5.41, 5.74) is 7.12. The number of aromatic nitrogens is 2. The molecule has 0 saturated heterocycles. The third-order valence-electron chi connectivity index (χ3n) is 6.20. The van der Waals surface area contributed by atoms with Crippen LogP contribution in [0.3, 0.4) is 0 Å². The van der Waals surface area contributed by atoms with Gasteiger partial charge in [-0.3, -0.25) is 0 Å². The number of nitrogens with zero attached hydrogens (tertiary/aromatic N) is 2. The predicted molar refractivity (Wildman–Crippen MR) is 75.5 cm³/mol. The van der Waals surface area contributed by atoms with Gasteiger partial charge in [-0.15, -0.1) is 0 Å². The molecule has 0 spiro atoms. The zero-order valence-electron chi connectivity index (χ0n) is 11.9. The van der Waals surface area contributed by atoms with Crippen molar-refractivity contribution < 1.29 is 0 Å². The second kappa shape index (κ2) is 4.08. The average molecular weight is 259 g/mol. The molecule has 5 rings (SSSR count). The van der Waals surface area contributed by atoms with Crippen LogP contribution in [0.25, 0.3) is 0 Å². The van der Waals surface area contributed by atoms with Gasteiger partial charge in [0.05, 0.1) is 0 Å². The van der Waals surface area contributed by atoms with E-state index in [1.54, 1.807) is 0 Å². The van der Waals surface area contributed by atoms with E-state index in [0.717, 1.165) is 30.0 Å². The molecule has 4 aliphatic rings. The summed E-state index contributed by atoms with van der Waals surface area (Å²) in [7, 11) is 2.08. The number of aryl methyl sites for hydroxylation is 1. The van der Waals surface area contributed by atoms with Gasteiger partial charge in [0.25, 0.3) is 0 Å². The maximum absolute atomic E-state index is 6.68. The van der Waals surface area contributed by atoms with Crippen LogP contribution in [0.4, 0.5) is 0 Å². The Kier molecular flexibility index (Phi) is 2.57. The summed E-state index contributed by atoms with van der Waals surface area (Å²) in [6, 6.07) is 0.307. The minimum atomic E-state index is 0.307. The standard InChI is InChI=1S/C16H25N3/c1-19-3-2-18-15(19)7-14(17)16-8-11-4-12(9-16)6-13(5-11)10-16/h2-3,11-14H,4-10,17H2,1H3. The fourth-order valence-corrected chi connectivity index (χ4v) is 5.64. The molecule has 4 bridgehead atoms. The van der Waals surface area contributed by atoms with Crippen LogP contribution in [0.5, 0.6) is 0 Å². The predicted octanol–water partition coefficient (Wildman–Crippen LogP) is 2.51. The van der Waals surface area contributed by atoms with Crippen LogP contribution in [0.2, 0.25) is 0 Å². The Labute approximate surface area is 115 Å². The van der Waals surface area contributed by atoms with Crippen LogP contribution in [-0.2, 0) is 13.5 Å². The molecule has 1 aromatic heterocycles.